The maximum Gasteiger partial charge on any atom is 0.319 e. The first-order chi connectivity index (χ1) is 11.1. The molecular weight excluding hydrogens is 288 g/mol. The van der Waals surface area contributed by atoms with Crippen LogP contribution in [-0.2, 0) is 7.05 Å². The van der Waals surface area contributed by atoms with E-state index in [1.54, 1.807) is 10.9 Å². The van der Waals surface area contributed by atoms with Crippen LogP contribution in [0.25, 0.3) is 10.8 Å². The molecule has 23 heavy (non-hydrogen) atoms. The molecule has 5 nitrogen and oxygen atoms in total. The van der Waals surface area contributed by atoms with Crippen molar-refractivity contribution in [1.29, 1.82) is 0 Å². The number of benzene rings is 2. The van der Waals surface area contributed by atoms with Gasteiger partial charge in [-0.3, -0.25) is 4.68 Å². The van der Waals surface area contributed by atoms with Crippen LogP contribution in [0.15, 0.2) is 48.7 Å². The van der Waals surface area contributed by atoms with Gasteiger partial charge in [0.25, 0.3) is 0 Å². The van der Waals surface area contributed by atoms with E-state index in [0.717, 1.165) is 27.7 Å². The van der Waals surface area contributed by atoms with Crippen molar-refractivity contribution in [3.05, 3.63) is 59.9 Å². The Balaban J connectivity index is 1.75. The second kappa shape index (κ2) is 6.12. The highest BCUT2D eigenvalue weighted by atomic mass is 16.2. The lowest BCUT2D eigenvalue weighted by molar-refractivity contribution is 0.249. The van der Waals surface area contributed by atoms with Crippen molar-refractivity contribution in [2.24, 2.45) is 7.05 Å². The van der Waals surface area contributed by atoms with Crippen molar-refractivity contribution >= 4 is 22.5 Å². The van der Waals surface area contributed by atoms with Crippen LogP contribution in [0.5, 0.6) is 0 Å². The molecule has 0 radical (unpaired) electrons. The number of fused-ring (bicyclic) bond motifs is 1. The van der Waals surface area contributed by atoms with E-state index in [-0.39, 0.29) is 12.1 Å². The summed E-state index contributed by atoms with van der Waals surface area (Å²) in [7, 11) is 1.89. The third-order valence-corrected chi connectivity index (χ3v) is 4.13. The number of anilines is 1. The van der Waals surface area contributed by atoms with E-state index in [1.165, 1.54) is 0 Å². The van der Waals surface area contributed by atoms with Crippen LogP contribution >= 0.6 is 0 Å². The predicted octanol–water partition coefficient (Wildman–Crippen LogP) is 3.76. The summed E-state index contributed by atoms with van der Waals surface area (Å²) in [6.45, 7) is 3.94. The molecule has 3 aromatic rings. The molecule has 0 saturated heterocycles. The van der Waals surface area contributed by atoms with Crippen molar-refractivity contribution in [1.82, 2.24) is 15.1 Å². The van der Waals surface area contributed by atoms with Gasteiger partial charge in [-0.2, -0.15) is 5.10 Å². The zero-order valence-corrected chi connectivity index (χ0v) is 13.5. The van der Waals surface area contributed by atoms with Crippen molar-refractivity contribution in [3.8, 4) is 0 Å². The summed E-state index contributed by atoms with van der Waals surface area (Å²) in [5.41, 5.74) is 2.86. The number of nitrogens with zero attached hydrogens (tertiary/aromatic N) is 2. The fraction of sp³-hybridized carbons (Fsp3) is 0.222. The summed E-state index contributed by atoms with van der Waals surface area (Å²) in [5.74, 6) is 0. The molecule has 2 amide bonds. The van der Waals surface area contributed by atoms with Crippen LogP contribution in [0, 0.1) is 6.92 Å². The molecule has 1 heterocycles. The Morgan fingerprint density at radius 1 is 1.17 bits per heavy atom. The van der Waals surface area contributed by atoms with Gasteiger partial charge in [-0.05, 0) is 25.3 Å². The summed E-state index contributed by atoms with van der Waals surface area (Å²) >= 11 is 0. The maximum atomic E-state index is 12.3. The van der Waals surface area contributed by atoms with Crippen molar-refractivity contribution in [2.75, 3.05) is 5.32 Å². The number of hydrogen-bond acceptors (Lipinski definition) is 2. The summed E-state index contributed by atoms with van der Waals surface area (Å²) in [6, 6.07) is 13.5. The average Bonchev–Trinajstić information content (AvgIpc) is 2.87. The molecule has 0 aliphatic heterocycles. The molecule has 1 aromatic heterocycles. The van der Waals surface area contributed by atoms with Gasteiger partial charge >= 0.3 is 6.03 Å². The smallest absolute Gasteiger partial charge is 0.319 e. The van der Waals surface area contributed by atoms with Crippen LogP contribution < -0.4 is 10.6 Å². The summed E-state index contributed by atoms with van der Waals surface area (Å²) in [4.78, 5) is 12.3. The minimum Gasteiger partial charge on any atom is -0.331 e. The monoisotopic (exact) mass is 308 g/mol. The minimum absolute atomic E-state index is 0.112. The SMILES string of the molecule is Cc1c(C(C)NC(=O)Nc2cccc3ccccc23)cnn1C. The number of carbonyl (C=O) groups excluding carboxylic acids is 1. The Morgan fingerprint density at radius 2 is 1.91 bits per heavy atom. The standard InChI is InChI=1S/C18H20N4O/c1-12(16-11-19-22(3)13(16)2)20-18(23)21-17-10-6-8-14-7-4-5-9-15(14)17/h4-12H,1-3H3,(H2,20,21,23). The Kier molecular flexibility index (Phi) is 4.02. The quantitative estimate of drug-likeness (QED) is 0.774. The number of hydrogen-bond donors (Lipinski definition) is 2. The van der Waals surface area contributed by atoms with E-state index in [9.17, 15) is 4.79 Å². The highest BCUT2D eigenvalue weighted by Crippen LogP contribution is 2.23. The number of rotatable bonds is 3. The number of nitrogens with one attached hydrogen (secondary N) is 2. The molecule has 0 fully saturated rings. The number of carbonyl (C=O) groups is 1. The molecular formula is C18H20N4O. The highest BCUT2D eigenvalue weighted by molar-refractivity contribution is 6.01. The van der Waals surface area contributed by atoms with Crippen molar-refractivity contribution in [2.45, 2.75) is 19.9 Å². The van der Waals surface area contributed by atoms with E-state index in [2.05, 4.69) is 15.7 Å². The zero-order valence-electron chi connectivity index (χ0n) is 13.5. The van der Waals surface area contributed by atoms with Gasteiger partial charge < -0.3 is 10.6 Å². The first-order valence-corrected chi connectivity index (χ1v) is 7.60. The number of aromatic nitrogens is 2. The molecule has 2 aromatic carbocycles. The van der Waals surface area contributed by atoms with Gasteiger partial charge in [-0.15, -0.1) is 0 Å². The van der Waals surface area contributed by atoms with Crippen LogP contribution in [0.2, 0.25) is 0 Å². The first-order valence-electron chi connectivity index (χ1n) is 7.60. The van der Waals surface area contributed by atoms with Crippen molar-refractivity contribution < 1.29 is 4.79 Å². The van der Waals surface area contributed by atoms with E-state index in [0.29, 0.717) is 0 Å². The van der Waals surface area contributed by atoms with Gasteiger partial charge in [-0.25, -0.2) is 4.79 Å². The molecule has 0 aliphatic carbocycles. The molecule has 118 valence electrons. The van der Waals surface area contributed by atoms with E-state index >= 15 is 0 Å². The predicted molar refractivity (Wildman–Crippen MR) is 92.5 cm³/mol. The van der Waals surface area contributed by atoms with E-state index < -0.39 is 0 Å². The Morgan fingerprint density at radius 3 is 2.65 bits per heavy atom. The zero-order chi connectivity index (χ0) is 16.4. The minimum atomic E-state index is -0.225. The number of aryl methyl sites for hydroxylation is 1. The first kappa shape index (κ1) is 15.1. The summed E-state index contributed by atoms with van der Waals surface area (Å²) < 4.78 is 1.80. The number of amides is 2. The Hall–Kier alpha value is -2.82. The lowest BCUT2D eigenvalue weighted by atomic mass is 10.1. The van der Waals surface area contributed by atoms with Gasteiger partial charge in [0.2, 0.25) is 0 Å². The van der Waals surface area contributed by atoms with Gasteiger partial charge in [0.05, 0.1) is 17.9 Å². The fourth-order valence-corrected chi connectivity index (χ4v) is 2.71. The lowest BCUT2D eigenvalue weighted by Gasteiger charge is -2.15. The van der Waals surface area contributed by atoms with Crippen molar-refractivity contribution in [3.63, 3.8) is 0 Å². The van der Waals surface area contributed by atoms with Crippen LogP contribution in [0.4, 0.5) is 10.5 Å². The average molecular weight is 308 g/mol. The fourth-order valence-electron chi connectivity index (χ4n) is 2.71. The highest BCUT2D eigenvalue weighted by Gasteiger charge is 2.15. The molecule has 3 rings (SSSR count). The Labute approximate surface area is 135 Å². The molecule has 0 bridgehead atoms. The van der Waals surface area contributed by atoms with Crippen LogP contribution in [-0.4, -0.2) is 15.8 Å². The number of urea groups is 1. The van der Waals surface area contributed by atoms with Gasteiger partial charge in [0, 0.05) is 23.7 Å². The second-order valence-corrected chi connectivity index (χ2v) is 5.66. The molecule has 0 saturated carbocycles. The topological polar surface area (TPSA) is 59.0 Å². The normalized spacial score (nSPS) is 12.1. The third-order valence-electron chi connectivity index (χ3n) is 4.13. The molecule has 2 N–H and O–H groups in total. The van der Waals surface area contributed by atoms with Crippen LogP contribution in [0.1, 0.15) is 24.2 Å². The van der Waals surface area contributed by atoms with Crippen LogP contribution in [0.3, 0.4) is 0 Å². The van der Waals surface area contributed by atoms with Gasteiger partial charge in [-0.1, -0.05) is 36.4 Å². The molecule has 5 heteroatoms. The van der Waals surface area contributed by atoms with Gasteiger partial charge in [0.1, 0.15) is 0 Å². The van der Waals surface area contributed by atoms with E-state index in [1.807, 2.05) is 63.4 Å². The summed E-state index contributed by atoms with van der Waals surface area (Å²) in [6.07, 6.45) is 1.79. The van der Waals surface area contributed by atoms with Gasteiger partial charge in [0.15, 0.2) is 0 Å². The second-order valence-electron chi connectivity index (χ2n) is 5.66. The molecule has 1 atom stereocenters. The summed E-state index contributed by atoms with van der Waals surface area (Å²) in [5, 5.41) is 12.2. The molecule has 0 spiro atoms. The third kappa shape index (κ3) is 3.04. The Bertz CT molecular complexity index is 848. The molecule has 0 aliphatic rings. The lowest BCUT2D eigenvalue weighted by Crippen LogP contribution is -2.31. The van der Waals surface area contributed by atoms with E-state index in [4.69, 9.17) is 0 Å². The largest absolute Gasteiger partial charge is 0.331 e. The molecule has 1 unspecified atom stereocenters. The maximum absolute atomic E-state index is 12.3.